The van der Waals surface area contributed by atoms with E-state index in [1.165, 1.54) is 0 Å². The number of anilines is 1. The van der Waals surface area contributed by atoms with E-state index in [2.05, 4.69) is 20.7 Å². The fourth-order valence-corrected chi connectivity index (χ4v) is 2.61. The van der Waals surface area contributed by atoms with Crippen LogP contribution in [0.3, 0.4) is 0 Å². The van der Waals surface area contributed by atoms with Crippen LogP contribution in [-0.4, -0.2) is 33.8 Å². The van der Waals surface area contributed by atoms with Gasteiger partial charge in [0, 0.05) is 18.6 Å². The van der Waals surface area contributed by atoms with Gasteiger partial charge in [0.25, 0.3) is 5.91 Å². The monoisotopic (exact) mass is 271 g/mol. The normalized spacial score (nSPS) is 17.6. The van der Waals surface area contributed by atoms with E-state index >= 15 is 0 Å². The molecule has 1 saturated heterocycles. The average Bonchev–Trinajstić information content (AvgIpc) is 3.04. The van der Waals surface area contributed by atoms with Crippen LogP contribution in [-0.2, 0) is 10.3 Å². The van der Waals surface area contributed by atoms with Crippen molar-refractivity contribution in [3.8, 4) is 0 Å². The zero-order valence-corrected chi connectivity index (χ0v) is 11.1. The highest BCUT2D eigenvalue weighted by molar-refractivity contribution is 5.96. The molecule has 1 fully saturated rings. The number of aromatic nitrogens is 3. The van der Waals surface area contributed by atoms with Gasteiger partial charge in [-0.2, -0.15) is 5.10 Å². The van der Waals surface area contributed by atoms with Crippen molar-refractivity contribution in [2.75, 3.05) is 18.4 Å². The van der Waals surface area contributed by atoms with Gasteiger partial charge in [0.05, 0.1) is 11.9 Å². The average molecular weight is 271 g/mol. The number of pyridine rings is 1. The number of piperidine rings is 1. The maximum atomic E-state index is 12.8. The van der Waals surface area contributed by atoms with Crippen LogP contribution in [0.2, 0.25) is 0 Å². The van der Waals surface area contributed by atoms with E-state index in [0.29, 0.717) is 5.69 Å². The molecule has 3 heterocycles. The van der Waals surface area contributed by atoms with Gasteiger partial charge >= 0.3 is 0 Å². The quantitative estimate of drug-likeness (QED) is 0.873. The topological polar surface area (TPSA) is 71.8 Å². The Morgan fingerprint density at radius 3 is 2.80 bits per heavy atom. The summed E-state index contributed by atoms with van der Waals surface area (Å²) in [6, 6.07) is 5.49. The molecule has 2 aromatic heterocycles. The summed E-state index contributed by atoms with van der Waals surface area (Å²) in [5, 5.41) is 10.5. The summed E-state index contributed by atoms with van der Waals surface area (Å²) in [6.45, 7) is 1.61. The van der Waals surface area contributed by atoms with Crippen LogP contribution in [0.5, 0.6) is 0 Å². The van der Waals surface area contributed by atoms with E-state index in [0.717, 1.165) is 25.9 Å². The summed E-state index contributed by atoms with van der Waals surface area (Å²) in [4.78, 5) is 16.8. The first-order valence-corrected chi connectivity index (χ1v) is 6.74. The van der Waals surface area contributed by atoms with E-state index < -0.39 is 5.54 Å². The highest BCUT2D eigenvalue weighted by atomic mass is 16.2. The van der Waals surface area contributed by atoms with E-state index in [1.54, 1.807) is 29.3 Å². The van der Waals surface area contributed by atoms with Gasteiger partial charge in [0.15, 0.2) is 0 Å². The Hall–Kier alpha value is -2.21. The lowest BCUT2D eigenvalue weighted by Crippen LogP contribution is -2.52. The molecule has 2 N–H and O–H groups in total. The SMILES string of the molecule is O=C(Nc1cccnc1)C1(n2cccn2)CCNCC1. The van der Waals surface area contributed by atoms with Gasteiger partial charge in [-0.15, -0.1) is 0 Å². The molecule has 104 valence electrons. The molecule has 0 bridgehead atoms. The van der Waals surface area contributed by atoms with E-state index in [-0.39, 0.29) is 5.91 Å². The molecule has 1 aliphatic heterocycles. The number of carbonyl (C=O) groups is 1. The molecule has 0 radical (unpaired) electrons. The maximum Gasteiger partial charge on any atom is 0.252 e. The molecule has 6 heteroatoms. The van der Waals surface area contributed by atoms with Crippen molar-refractivity contribution in [2.24, 2.45) is 0 Å². The lowest BCUT2D eigenvalue weighted by atomic mass is 9.87. The summed E-state index contributed by atoms with van der Waals surface area (Å²) < 4.78 is 1.78. The van der Waals surface area contributed by atoms with Crippen molar-refractivity contribution in [1.82, 2.24) is 20.1 Å². The summed E-state index contributed by atoms with van der Waals surface area (Å²) in [5.74, 6) is -0.0318. The number of hydrogen-bond donors (Lipinski definition) is 2. The smallest absolute Gasteiger partial charge is 0.252 e. The third kappa shape index (κ3) is 2.30. The fourth-order valence-electron chi connectivity index (χ4n) is 2.61. The molecule has 2 aromatic rings. The maximum absolute atomic E-state index is 12.8. The highest BCUT2D eigenvalue weighted by Gasteiger charge is 2.41. The van der Waals surface area contributed by atoms with Gasteiger partial charge in [-0.25, -0.2) is 0 Å². The molecule has 3 rings (SSSR count). The molecule has 0 saturated carbocycles. The number of amides is 1. The Labute approximate surface area is 117 Å². The van der Waals surface area contributed by atoms with Crippen LogP contribution < -0.4 is 10.6 Å². The van der Waals surface area contributed by atoms with Crippen LogP contribution in [0, 0.1) is 0 Å². The fraction of sp³-hybridized carbons (Fsp3) is 0.357. The predicted octanol–water partition coefficient (Wildman–Crippen LogP) is 0.995. The zero-order valence-electron chi connectivity index (χ0n) is 11.1. The van der Waals surface area contributed by atoms with Crippen molar-refractivity contribution < 1.29 is 4.79 Å². The van der Waals surface area contributed by atoms with E-state index in [1.807, 2.05) is 18.3 Å². The molecule has 0 aliphatic carbocycles. The second kappa shape index (κ2) is 5.42. The minimum Gasteiger partial charge on any atom is -0.323 e. The first-order chi connectivity index (χ1) is 9.81. The molecule has 1 amide bonds. The van der Waals surface area contributed by atoms with Gasteiger partial charge < -0.3 is 10.6 Å². The Morgan fingerprint density at radius 1 is 1.30 bits per heavy atom. The van der Waals surface area contributed by atoms with Gasteiger partial charge in [-0.1, -0.05) is 0 Å². The minimum atomic E-state index is -0.620. The molecule has 0 atom stereocenters. The molecule has 0 aromatic carbocycles. The summed E-state index contributed by atoms with van der Waals surface area (Å²) in [7, 11) is 0. The van der Waals surface area contributed by atoms with Gasteiger partial charge in [0.1, 0.15) is 5.54 Å². The van der Waals surface area contributed by atoms with Crippen molar-refractivity contribution in [1.29, 1.82) is 0 Å². The summed E-state index contributed by atoms with van der Waals surface area (Å²) >= 11 is 0. The number of nitrogens with zero attached hydrogens (tertiary/aromatic N) is 3. The molecular formula is C14H17N5O. The standard InChI is InChI=1S/C14H17N5O/c20-13(18-12-3-1-6-16-11-12)14(4-8-15-9-5-14)19-10-2-7-17-19/h1-3,6-7,10-11,15H,4-5,8-9H2,(H,18,20). The first-order valence-electron chi connectivity index (χ1n) is 6.74. The molecule has 6 nitrogen and oxygen atoms in total. The van der Waals surface area contributed by atoms with Gasteiger partial charge in [0.2, 0.25) is 0 Å². The Balaban J connectivity index is 1.88. The minimum absolute atomic E-state index is 0.0318. The van der Waals surface area contributed by atoms with Crippen LogP contribution >= 0.6 is 0 Å². The lowest BCUT2D eigenvalue weighted by Gasteiger charge is -2.36. The van der Waals surface area contributed by atoms with Crippen LogP contribution in [0.4, 0.5) is 5.69 Å². The molecular weight excluding hydrogens is 254 g/mol. The Kier molecular flexibility index (Phi) is 3.47. The third-order valence-electron chi connectivity index (χ3n) is 3.72. The van der Waals surface area contributed by atoms with Crippen LogP contribution in [0.1, 0.15) is 12.8 Å². The molecule has 0 spiro atoms. The Morgan fingerprint density at radius 2 is 2.15 bits per heavy atom. The van der Waals surface area contributed by atoms with Crippen molar-refractivity contribution >= 4 is 11.6 Å². The number of rotatable bonds is 3. The van der Waals surface area contributed by atoms with E-state index in [9.17, 15) is 4.79 Å². The van der Waals surface area contributed by atoms with Crippen molar-refractivity contribution in [3.05, 3.63) is 43.0 Å². The van der Waals surface area contributed by atoms with Crippen LogP contribution in [0.15, 0.2) is 43.0 Å². The van der Waals surface area contributed by atoms with Gasteiger partial charge in [-0.3, -0.25) is 14.5 Å². The van der Waals surface area contributed by atoms with Crippen molar-refractivity contribution in [3.63, 3.8) is 0 Å². The predicted molar refractivity (Wildman–Crippen MR) is 75.2 cm³/mol. The lowest BCUT2D eigenvalue weighted by molar-refractivity contribution is -0.126. The second-order valence-electron chi connectivity index (χ2n) is 4.93. The number of hydrogen-bond acceptors (Lipinski definition) is 4. The zero-order chi connectivity index (χ0) is 13.8. The number of carbonyl (C=O) groups excluding carboxylic acids is 1. The summed E-state index contributed by atoms with van der Waals surface area (Å²) in [5.41, 5.74) is 0.0903. The third-order valence-corrected chi connectivity index (χ3v) is 3.72. The molecule has 20 heavy (non-hydrogen) atoms. The van der Waals surface area contributed by atoms with Gasteiger partial charge in [-0.05, 0) is 44.1 Å². The molecule has 0 unspecified atom stereocenters. The largest absolute Gasteiger partial charge is 0.323 e. The first kappa shape index (κ1) is 12.8. The van der Waals surface area contributed by atoms with Crippen LogP contribution in [0.25, 0.3) is 0 Å². The molecule has 1 aliphatic rings. The van der Waals surface area contributed by atoms with Crippen molar-refractivity contribution in [2.45, 2.75) is 18.4 Å². The summed E-state index contributed by atoms with van der Waals surface area (Å²) in [6.07, 6.45) is 8.34. The number of nitrogens with one attached hydrogen (secondary N) is 2. The highest BCUT2D eigenvalue weighted by Crippen LogP contribution is 2.28. The Bertz CT molecular complexity index is 561. The second-order valence-corrected chi connectivity index (χ2v) is 4.93. The van der Waals surface area contributed by atoms with E-state index in [4.69, 9.17) is 0 Å².